The van der Waals surface area contributed by atoms with Crippen LogP contribution in [0.3, 0.4) is 0 Å². The minimum Gasteiger partial charge on any atom is -0.298 e. The normalized spacial score (nSPS) is 19.7. The Bertz CT molecular complexity index is 682. The summed E-state index contributed by atoms with van der Waals surface area (Å²) in [4.78, 5) is 14.3. The van der Waals surface area contributed by atoms with Crippen LogP contribution in [0.2, 0.25) is 0 Å². The first kappa shape index (κ1) is 18.5. The molecule has 27 heavy (non-hydrogen) atoms. The third kappa shape index (κ3) is 3.49. The van der Waals surface area contributed by atoms with Gasteiger partial charge >= 0.3 is 0 Å². The summed E-state index contributed by atoms with van der Waals surface area (Å²) in [6.45, 7) is 0. The molecular formula is C26H32O. The summed E-state index contributed by atoms with van der Waals surface area (Å²) < 4.78 is 0. The molecule has 2 aliphatic carbocycles. The standard InChI is InChI=1S/C26H32O/c27-25(21-13-5-1-6-14-21)26(22-15-7-2-8-16-22,23-17-9-3-10-18-23)24-19-11-4-12-20-24/h2-3,7-10,15-18,21,24H,1,4-6,11-14,19-20H2. The molecule has 0 saturated heterocycles. The zero-order valence-corrected chi connectivity index (χ0v) is 16.4. The Balaban J connectivity index is 1.89. The second kappa shape index (κ2) is 8.42. The fraction of sp³-hybridized carbons (Fsp3) is 0.500. The van der Waals surface area contributed by atoms with Gasteiger partial charge < -0.3 is 0 Å². The van der Waals surface area contributed by atoms with Crippen molar-refractivity contribution < 1.29 is 4.79 Å². The van der Waals surface area contributed by atoms with E-state index in [1.54, 1.807) is 0 Å². The van der Waals surface area contributed by atoms with Gasteiger partial charge in [0.25, 0.3) is 0 Å². The van der Waals surface area contributed by atoms with E-state index in [9.17, 15) is 4.79 Å². The van der Waals surface area contributed by atoms with Crippen LogP contribution in [0.15, 0.2) is 60.7 Å². The number of carbonyl (C=O) groups excluding carboxylic acids is 1. The zero-order valence-electron chi connectivity index (χ0n) is 16.4. The number of Topliss-reactive ketones (excluding diaryl/α,β-unsaturated/α-hetero) is 1. The highest BCUT2D eigenvalue weighted by Gasteiger charge is 2.50. The van der Waals surface area contributed by atoms with E-state index in [1.807, 2.05) is 0 Å². The van der Waals surface area contributed by atoms with E-state index in [2.05, 4.69) is 60.7 Å². The summed E-state index contributed by atoms with van der Waals surface area (Å²) in [7, 11) is 0. The van der Waals surface area contributed by atoms with Gasteiger partial charge in [0.15, 0.2) is 5.78 Å². The molecule has 2 aromatic rings. The second-order valence-corrected chi connectivity index (χ2v) is 8.57. The topological polar surface area (TPSA) is 17.1 Å². The molecule has 0 aromatic heterocycles. The molecular weight excluding hydrogens is 328 g/mol. The Morgan fingerprint density at radius 1 is 0.630 bits per heavy atom. The molecule has 2 fully saturated rings. The Morgan fingerprint density at radius 3 is 1.56 bits per heavy atom. The third-order valence-electron chi connectivity index (χ3n) is 7.04. The molecule has 2 aromatic carbocycles. The molecule has 0 unspecified atom stereocenters. The molecule has 2 aliphatic rings. The summed E-state index contributed by atoms with van der Waals surface area (Å²) in [5.74, 6) is 1.15. The van der Waals surface area contributed by atoms with Gasteiger partial charge in [-0.1, -0.05) is 99.2 Å². The first-order chi connectivity index (χ1) is 13.3. The highest BCUT2D eigenvalue weighted by atomic mass is 16.1. The van der Waals surface area contributed by atoms with Crippen molar-refractivity contribution in [1.29, 1.82) is 0 Å². The molecule has 0 radical (unpaired) electrons. The summed E-state index contributed by atoms with van der Waals surface area (Å²) >= 11 is 0. The summed E-state index contributed by atoms with van der Waals surface area (Å²) in [5.41, 5.74) is 1.97. The maximum Gasteiger partial charge on any atom is 0.151 e. The molecule has 0 atom stereocenters. The van der Waals surface area contributed by atoms with Crippen LogP contribution in [-0.4, -0.2) is 5.78 Å². The lowest BCUT2D eigenvalue weighted by atomic mass is 9.56. The van der Waals surface area contributed by atoms with Gasteiger partial charge in [0.1, 0.15) is 0 Å². The van der Waals surface area contributed by atoms with Crippen molar-refractivity contribution in [2.24, 2.45) is 11.8 Å². The molecule has 142 valence electrons. The van der Waals surface area contributed by atoms with Gasteiger partial charge in [0, 0.05) is 5.92 Å². The molecule has 0 spiro atoms. The molecule has 1 heteroatoms. The number of hydrogen-bond donors (Lipinski definition) is 0. The fourth-order valence-electron chi connectivity index (χ4n) is 5.75. The van der Waals surface area contributed by atoms with Crippen molar-refractivity contribution in [2.45, 2.75) is 69.6 Å². The minimum atomic E-state index is -0.467. The monoisotopic (exact) mass is 360 g/mol. The highest BCUT2D eigenvalue weighted by Crippen LogP contribution is 2.49. The van der Waals surface area contributed by atoms with Crippen molar-refractivity contribution in [1.82, 2.24) is 0 Å². The van der Waals surface area contributed by atoms with Crippen LogP contribution in [0.4, 0.5) is 0 Å². The summed E-state index contributed by atoms with van der Waals surface area (Å²) in [6, 6.07) is 21.5. The van der Waals surface area contributed by atoms with Crippen LogP contribution in [0.5, 0.6) is 0 Å². The van der Waals surface area contributed by atoms with Gasteiger partial charge in [-0.2, -0.15) is 0 Å². The predicted octanol–water partition coefficient (Wildman–Crippen LogP) is 6.70. The predicted molar refractivity (Wildman–Crippen MR) is 112 cm³/mol. The van der Waals surface area contributed by atoms with Crippen molar-refractivity contribution in [3.63, 3.8) is 0 Å². The molecule has 0 bridgehead atoms. The van der Waals surface area contributed by atoms with E-state index < -0.39 is 5.41 Å². The lowest BCUT2D eigenvalue weighted by Crippen LogP contribution is -2.48. The van der Waals surface area contributed by atoms with Gasteiger partial charge in [0.05, 0.1) is 5.41 Å². The van der Waals surface area contributed by atoms with Crippen molar-refractivity contribution in [3.8, 4) is 0 Å². The third-order valence-corrected chi connectivity index (χ3v) is 7.04. The molecule has 4 rings (SSSR count). The number of carbonyl (C=O) groups is 1. The van der Waals surface area contributed by atoms with Gasteiger partial charge in [-0.25, -0.2) is 0 Å². The van der Waals surface area contributed by atoms with Crippen LogP contribution in [-0.2, 0) is 10.2 Å². The lowest BCUT2D eigenvalue weighted by molar-refractivity contribution is -0.130. The Hall–Kier alpha value is -1.89. The molecule has 0 N–H and O–H groups in total. The largest absolute Gasteiger partial charge is 0.298 e. The maximum atomic E-state index is 14.3. The molecule has 0 aliphatic heterocycles. The second-order valence-electron chi connectivity index (χ2n) is 8.57. The number of benzene rings is 2. The van der Waals surface area contributed by atoms with E-state index in [4.69, 9.17) is 0 Å². The van der Waals surface area contributed by atoms with E-state index in [0.29, 0.717) is 11.7 Å². The van der Waals surface area contributed by atoms with Crippen LogP contribution in [0, 0.1) is 11.8 Å². The average molecular weight is 361 g/mol. The Labute approximate surface area is 164 Å². The van der Waals surface area contributed by atoms with Crippen LogP contribution >= 0.6 is 0 Å². The maximum absolute atomic E-state index is 14.3. The van der Waals surface area contributed by atoms with Gasteiger partial charge in [0.2, 0.25) is 0 Å². The first-order valence-corrected chi connectivity index (χ1v) is 11.0. The summed E-state index contributed by atoms with van der Waals surface area (Å²) in [5, 5.41) is 0. The number of hydrogen-bond acceptors (Lipinski definition) is 1. The van der Waals surface area contributed by atoms with E-state index >= 15 is 0 Å². The number of ketones is 1. The smallest absolute Gasteiger partial charge is 0.151 e. The molecule has 2 saturated carbocycles. The van der Waals surface area contributed by atoms with E-state index in [1.165, 1.54) is 62.5 Å². The average Bonchev–Trinajstić information content (AvgIpc) is 2.77. The number of rotatable bonds is 5. The van der Waals surface area contributed by atoms with E-state index in [-0.39, 0.29) is 5.92 Å². The van der Waals surface area contributed by atoms with Crippen molar-refractivity contribution >= 4 is 5.78 Å². The highest BCUT2D eigenvalue weighted by molar-refractivity contribution is 5.96. The summed E-state index contributed by atoms with van der Waals surface area (Å²) in [6.07, 6.45) is 12.0. The first-order valence-electron chi connectivity index (χ1n) is 11.0. The molecule has 1 nitrogen and oxygen atoms in total. The fourth-order valence-corrected chi connectivity index (χ4v) is 5.75. The van der Waals surface area contributed by atoms with Gasteiger partial charge in [-0.05, 0) is 42.7 Å². The Kier molecular flexibility index (Phi) is 5.76. The zero-order chi connectivity index (χ0) is 18.5. The van der Waals surface area contributed by atoms with Gasteiger partial charge in [-0.3, -0.25) is 4.79 Å². The van der Waals surface area contributed by atoms with Crippen LogP contribution < -0.4 is 0 Å². The SMILES string of the molecule is O=C(C1CCCCC1)C(c1ccccc1)(c1ccccc1)C1CCCCC1. The lowest BCUT2D eigenvalue weighted by Gasteiger charge is -2.45. The van der Waals surface area contributed by atoms with Crippen LogP contribution in [0.25, 0.3) is 0 Å². The quantitative estimate of drug-likeness (QED) is 0.579. The van der Waals surface area contributed by atoms with Crippen LogP contribution in [0.1, 0.15) is 75.3 Å². The molecule has 0 amide bonds. The van der Waals surface area contributed by atoms with Crippen molar-refractivity contribution in [3.05, 3.63) is 71.8 Å². The van der Waals surface area contributed by atoms with Gasteiger partial charge in [-0.15, -0.1) is 0 Å². The van der Waals surface area contributed by atoms with E-state index in [0.717, 1.165) is 12.8 Å². The Morgan fingerprint density at radius 2 is 1.07 bits per heavy atom. The van der Waals surface area contributed by atoms with Crippen molar-refractivity contribution in [2.75, 3.05) is 0 Å². The minimum absolute atomic E-state index is 0.223. The molecule has 0 heterocycles.